The Morgan fingerprint density at radius 2 is 2.11 bits per heavy atom. The smallest absolute Gasteiger partial charge is 0.394 e. The lowest BCUT2D eigenvalue weighted by atomic mass is 9.79. The standard InChI is InChI=1S/C27H28ClN7O3/c1-4-15-8-10-27(11-9-15)13-18(27)35-20-19(16-6-5-7-17(28)12-16)29-22(23-32-25(37)38-34-23)30-21(20)31-24(35)33-26(2,3)14-36/h1,5-7,12,15,18,36H,8-11,13-14H2,2-3H3,(H,32,34,37)(H,29,30,31,33). The minimum Gasteiger partial charge on any atom is -0.394 e. The van der Waals surface area contributed by atoms with Gasteiger partial charge in [0.15, 0.2) is 5.65 Å². The second-order valence-electron chi connectivity index (χ2n) is 11.0. The van der Waals surface area contributed by atoms with Gasteiger partial charge in [-0.05, 0) is 63.5 Å². The number of fused-ring (bicyclic) bond motifs is 1. The number of halogens is 1. The van der Waals surface area contributed by atoms with Gasteiger partial charge in [0, 0.05) is 22.5 Å². The molecule has 1 aromatic carbocycles. The van der Waals surface area contributed by atoms with Gasteiger partial charge in [0.25, 0.3) is 0 Å². The molecule has 2 fully saturated rings. The Kier molecular flexibility index (Phi) is 5.81. The molecular weight excluding hydrogens is 506 g/mol. The number of imidazole rings is 1. The molecule has 196 valence electrons. The summed E-state index contributed by atoms with van der Waals surface area (Å²) in [6.07, 6.45) is 10.8. The number of rotatable bonds is 6. The van der Waals surface area contributed by atoms with E-state index in [2.05, 4.69) is 30.9 Å². The number of terminal acetylenes is 1. The van der Waals surface area contributed by atoms with Crippen molar-refractivity contribution in [3.8, 4) is 35.2 Å². The first-order valence-corrected chi connectivity index (χ1v) is 13.1. The fourth-order valence-corrected chi connectivity index (χ4v) is 5.78. The van der Waals surface area contributed by atoms with Gasteiger partial charge in [-0.1, -0.05) is 28.9 Å². The third-order valence-corrected chi connectivity index (χ3v) is 8.05. The number of nitrogens with one attached hydrogen (secondary N) is 2. The van der Waals surface area contributed by atoms with Crippen molar-refractivity contribution >= 4 is 28.7 Å². The predicted molar refractivity (Wildman–Crippen MR) is 144 cm³/mol. The number of aliphatic hydroxyl groups excluding tert-OH is 1. The van der Waals surface area contributed by atoms with Gasteiger partial charge in [0.1, 0.15) is 11.2 Å². The maximum absolute atomic E-state index is 11.7. The molecular formula is C27H28ClN7O3. The fraction of sp³-hybridized carbons (Fsp3) is 0.444. The molecule has 2 aliphatic carbocycles. The molecule has 2 aliphatic rings. The van der Waals surface area contributed by atoms with Crippen molar-refractivity contribution in [2.75, 3.05) is 11.9 Å². The van der Waals surface area contributed by atoms with E-state index in [1.807, 2.05) is 32.0 Å². The number of aliphatic hydroxyl groups is 1. The molecule has 10 nitrogen and oxygen atoms in total. The first-order chi connectivity index (χ1) is 18.2. The Labute approximate surface area is 223 Å². The fourth-order valence-electron chi connectivity index (χ4n) is 5.59. The molecule has 1 atom stereocenters. The molecule has 4 aromatic rings. The van der Waals surface area contributed by atoms with Crippen LogP contribution in [0.25, 0.3) is 34.1 Å². The van der Waals surface area contributed by atoms with Crippen LogP contribution in [0, 0.1) is 23.7 Å². The topological polar surface area (TPSA) is 135 Å². The zero-order chi connectivity index (χ0) is 26.7. The largest absolute Gasteiger partial charge is 0.439 e. The second-order valence-corrected chi connectivity index (χ2v) is 11.5. The summed E-state index contributed by atoms with van der Waals surface area (Å²) < 4.78 is 6.89. The highest BCUT2D eigenvalue weighted by Crippen LogP contribution is 2.66. The molecule has 0 radical (unpaired) electrons. The van der Waals surface area contributed by atoms with E-state index in [0.29, 0.717) is 28.2 Å². The Bertz CT molecular complexity index is 1620. The molecule has 1 unspecified atom stereocenters. The zero-order valence-corrected chi connectivity index (χ0v) is 21.9. The summed E-state index contributed by atoms with van der Waals surface area (Å²) >= 11 is 6.38. The third-order valence-electron chi connectivity index (χ3n) is 7.82. The van der Waals surface area contributed by atoms with Crippen molar-refractivity contribution in [2.24, 2.45) is 11.3 Å². The van der Waals surface area contributed by atoms with Gasteiger partial charge in [-0.2, -0.15) is 4.98 Å². The highest BCUT2D eigenvalue weighted by atomic mass is 35.5. The van der Waals surface area contributed by atoms with Crippen LogP contribution in [0.5, 0.6) is 0 Å². The average molecular weight is 534 g/mol. The van der Waals surface area contributed by atoms with Gasteiger partial charge in [0.2, 0.25) is 17.6 Å². The van der Waals surface area contributed by atoms with Gasteiger partial charge in [-0.15, -0.1) is 12.3 Å². The van der Waals surface area contributed by atoms with E-state index in [0.717, 1.165) is 43.2 Å². The first-order valence-electron chi connectivity index (χ1n) is 12.7. The molecule has 38 heavy (non-hydrogen) atoms. The molecule has 3 N–H and O–H groups in total. The van der Waals surface area contributed by atoms with E-state index >= 15 is 0 Å². The molecule has 3 aromatic heterocycles. The molecule has 1 spiro atoms. The summed E-state index contributed by atoms with van der Waals surface area (Å²) in [5.74, 6) is 3.43. The number of H-pyrrole nitrogens is 1. The van der Waals surface area contributed by atoms with E-state index < -0.39 is 11.3 Å². The van der Waals surface area contributed by atoms with E-state index in [-0.39, 0.29) is 29.7 Å². The van der Waals surface area contributed by atoms with Crippen LogP contribution in [0.3, 0.4) is 0 Å². The number of aromatic nitrogens is 6. The molecule has 3 heterocycles. The van der Waals surface area contributed by atoms with Gasteiger partial charge < -0.3 is 15.0 Å². The van der Waals surface area contributed by atoms with Crippen LogP contribution in [0.1, 0.15) is 52.0 Å². The third kappa shape index (κ3) is 4.25. The first kappa shape index (κ1) is 24.6. The van der Waals surface area contributed by atoms with Crippen molar-refractivity contribution < 1.29 is 9.63 Å². The van der Waals surface area contributed by atoms with Crippen molar-refractivity contribution in [2.45, 2.75) is 57.5 Å². The van der Waals surface area contributed by atoms with E-state index in [4.69, 9.17) is 32.5 Å². The minimum absolute atomic E-state index is 0.0892. The monoisotopic (exact) mass is 533 g/mol. The summed E-state index contributed by atoms with van der Waals surface area (Å²) in [6.45, 7) is 3.73. The molecule has 0 aliphatic heterocycles. The van der Waals surface area contributed by atoms with Crippen LogP contribution >= 0.6 is 11.6 Å². The van der Waals surface area contributed by atoms with Crippen LogP contribution in [0.4, 0.5) is 5.95 Å². The van der Waals surface area contributed by atoms with Gasteiger partial charge in [0.05, 0.1) is 12.1 Å². The summed E-state index contributed by atoms with van der Waals surface area (Å²) in [4.78, 5) is 28.6. The van der Waals surface area contributed by atoms with Crippen molar-refractivity contribution in [1.82, 2.24) is 29.7 Å². The molecule has 2 saturated carbocycles. The maximum Gasteiger partial charge on any atom is 0.439 e. The van der Waals surface area contributed by atoms with Crippen LogP contribution in [0.2, 0.25) is 5.02 Å². The number of anilines is 1. The van der Waals surface area contributed by atoms with E-state index in [9.17, 15) is 9.90 Å². The molecule has 0 amide bonds. The Hall–Kier alpha value is -3.68. The summed E-state index contributed by atoms with van der Waals surface area (Å²) in [5.41, 5.74) is 2.06. The SMILES string of the molecule is C#CC1CCC2(CC1)CC2n1c(NC(C)(C)CO)nc2nc(-c3noc(=O)[nH]3)nc(-c3cccc(Cl)c3)c21. The zero-order valence-electron chi connectivity index (χ0n) is 21.2. The lowest BCUT2D eigenvalue weighted by molar-refractivity contribution is 0.232. The van der Waals surface area contributed by atoms with Gasteiger partial charge >= 0.3 is 5.76 Å². The Morgan fingerprint density at radius 3 is 2.76 bits per heavy atom. The normalized spacial score (nSPS) is 23.0. The lowest BCUT2D eigenvalue weighted by Gasteiger charge is -2.29. The summed E-state index contributed by atoms with van der Waals surface area (Å²) in [7, 11) is 0. The summed E-state index contributed by atoms with van der Waals surface area (Å²) in [6, 6.07) is 7.58. The molecule has 0 saturated heterocycles. The van der Waals surface area contributed by atoms with Crippen LogP contribution in [0.15, 0.2) is 33.6 Å². The molecule has 0 bridgehead atoms. The summed E-state index contributed by atoms with van der Waals surface area (Å²) in [5, 5.41) is 17.8. The van der Waals surface area contributed by atoms with Crippen molar-refractivity contribution in [3.05, 3.63) is 39.8 Å². The average Bonchev–Trinajstić information content (AvgIpc) is 3.20. The predicted octanol–water partition coefficient (Wildman–Crippen LogP) is 4.43. The van der Waals surface area contributed by atoms with Gasteiger partial charge in [-0.3, -0.25) is 9.51 Å². The number of benzene rings is 1. The number of hydrogen-bond donors (Lipinski definition) is 3. The van der Waals surface area contributed by atoms with Crippen molar-refractivity contribution in [1.29, 1.82) is 0 Å². The number of nitrogens with zero attached hydrogens (tertiary/aromatic N) is 5. The van der Waals surface area contributed by atoms with Crippen LogP contribution in [-0.2, 0) is 0 Å². The highest BCUT2D eigenvalue weighted by molar-refractivity contribution is 6.30. The Morgan fingerprint density at radius 1 is 1.32 bits per heavy atom. The van der Waals surface area contributed by atoms with E-state index in [1.54, 1.807) is 6.07 Å². The molecule has 11 heteroatoms. The molecule has 6 rings (SSSR count). The Balaban J connectivity index is 1.58. The minimum atomic E-state index is -0.701. The van der Waals surface area contributed by atoms with Crippen molar-refractivity contribution in [3.63, 3.8) is 0 Å². The van der Waals surface area contributed by atoms with Crippen LogP contribution in [-0.4, -0.2) is 46.9 Å². The van der Waals surface area contributed by atoms with Gasteiger partial charge in [-0.25, -0.2) is 14.8 Å². The highest BCUT2D eigenvalue weighted by Gasteiger charge is 2.57. The number of hydrogen-bond acceptors (Lipinski definition) is 8. The van der Waals surface area contributed by atoms with E-state index in [1.165, 1.54) is 0 Å². The van der Waals surface area contributed by atoms with Crippen LogP contribution < -0.4 is 11.1 Å². The number of aromatic amines is 1. The maximum atomic E-state index is 11.7. The second kappa shape index (κ2) is 8.96. The lowest BCUT2D eigenvalue weighted by Crippen LogP contribution is -2.36. The quantitative estimate of drug-likeness (QED) is 0.310.